The van der Waals surface area contributed by atoms with Gasteiger partial charge in [-0.3, -0.25) is 4.99 Å². The fourth-order valence-corrected chi connectivity index (χ4v) is 3.71. The molecule has 0 aromatic carbocycles. The number of hydrogen-bond acceptors (Lipinski definition) is 3. The zero-order valence-corrected chi connectivity index (χ0v) is 17.8. The van der Waals surface area contributed by atoms with Gasteiger partial charge in [-0.25, -0.2) is 0 Å². The molecule has 0 aromatic heterocycles. The van der Waals surface area contributed by atoms with E-state index in [0.717, 1.165) is 57.1 Å². The molecular formula is C18H37IN4O. The number of hydrogen-bond donors (Lipinski definition) is 3. The maximum Gasteiger partial charge on any atom is 0.191 e. The van der Waals surface area contributed by atoms with E-state index in [0.29, 0.717) is 6.04 Å². The summed E-state index contributed by atoms with van der Waals surface area (Å²) in [4.78, 5) is 7.33. The Morgan fingerprint density at radius 1 is 1.21 bits per heavy atom. The standard InChI is InChI=1S/C18H36N4O.HI/c1-3-19-18(21-16-7-9-17(23)10-8-16)20-11-5-13-22-12-4-6-15(2)14-22;/h15-17,23H,3-14H2,1-2H3,(H2,19,20,21);1H. The minimum atomic E-state index is -0.0977. The Bertz CT molecular complexity index is 359. The first kappa shape index (κ1) is 22.0. The zero-order valence-electron chi connectivity index (χ0n) is 15.5. The van der Waals surface area contributed by atoms with Gasteiger partial charge in [0.2, 0.25) is 0 Å². The van der Waals surface area contributed by atoms with Crippen molar-refractivity contribution in [2.24, 2.45) is 10.9 Å². The van der Waals surface area contributed by atoms with Crippen LogP contribution in [0, 0.1) is 5.92 Å². The molecule has 24 heavy (non-hydrogen) atoms. The monoisotopic (exact) mass is 452 g/mol. The summed E-state index contributed by atoms with van der Waals surface area (Å²) >= 11 is 0. The van der Waals surface area contributed by atoms with Crippen molar-refractivity contribution in [1.29, 1.82) is 0 Å². The lowest BCUT2D eigenvalue weighted by atomic mass is 9.93. The Balaban J connectivity index is 0.00000288. The smallest absolute Gasteiger partial charge is 0.191 e. The van der Waals surface area contributed by atoms with Crippen LogP contribution in [-0.4, -0.2) is 60.8 Å². The first-order valence-electron chi connectivity index (χ1n) is 9.62. The SMILES string of the molecule is CCNC(=NCCCN1CCCC(C)C1)NC1CCC(O)CC1.I. The third-order valence-electron chi connectivity index (χ3n) is 5.03. The number of nitrogens with zero attached hydrogens (tertiary/aromatic N) is 2. The minimum Gasteiger partial charge on any atom is -0.393 e. The second-order valence-corrected chi connectivity index (χ2v) is 7.31. The van der Waals surface area contributed by atoms with Crippen LogP contribution in [-0.2, 0) is 0 Å². The molecule has 5 nitrogen and oxygen atoms in total. The fourth-order valence-electron chi connectivity index (χ4n) is 3.71. The second-order valence-electron chi connectivity index (χ2n) is 7.31. The molecular weight excluding hydrogens is 415 g/mol. The van der Waals surface area contributed by atoms with Crippen molar-refractivity contribution in [3.05, 3.63) is 0 Å². The molecule has 1 unspecified atom stereocenters. The van der Waals surface area contributed by atoms with E-state index in [-0.39, 0.29) is 30.1 Å². The van der Waals surface area contributed by atoms with E-state index in [9.17, 15) is 5.11 Å². The summed E-state index contributed by atoms with van der Waals surface area (Å²) < 4.78 is 0. The highest BCUT2D eigenvalue weighted by atomic mass is 127. The van der Waals surface area contributed by atoms with Gasteiger partial charge in [-0.15, -0.1) is 24.0 Å². The summed E-state index contributed by atoms with van der Waals surface area (Å²) in [6, 6.07) is 0.458. The normalized spacial score (nSPS) is 29.0. The van der Waals surface area contributed by atoms with E-state index >= 15 is 0 Å². The molecule has 142 valence electrons. The molecule has 2 rings (SSSR count). The molecule has 2 aliphatic rings. The number of aliphatic hydroxyl groups excluding tert-OH is 1. The van der Waals surface area contributed by atoms with Crippen LogP contribution in [0.5, 0.6) is 0 Å². The van der Waals surface area contributed by atoms with Crippen LogP contribution in [0.2, 0.25) is 0 Å². The number of piperidine rings is 1. The van der Waals surface area contributed by atoms with Crippen LogP contribution in [0.3, 0.4) is 0 Å². The van der Waals surface area contributed by atoms with Crippen molar-refractivity contribution in [3.63, 3.8) is 0 Å². The fraction of sp³-hybridized carbons (Fsp3) is 0.944. The average molecular weight is 452 g/mol. The predicted molar refractivity (Wildman–Crippen MR) is 112 cm³/mol. The molecule has 0 radical (unpaired) electrons. The van der Waals surface area contributed by atoms with E-state index < -0.39 is 0 Å². The van der Waals surface area contributed by atoms with Crippen molar-refractivity contribution in [2.45, 2.75) is 70.9 Å². The minimum absolute atomic E-state index is 0. The number of aliphatic hydroxyl groups is 1. The molecule has 1 saturated heterocycles. The van der Waals surface area contributed by atoms with Gasteiger partial charge in [-0.2, -0.15) is 0 Å². The molecule has 0 spiro atoms. The summed E-state index contributed by atoms with van der Waals surface area (Å²) in [5, 5.41) is 16.5. The molecule has 1 aliphatic heterocycles. The number of halogens is 1. The van der Waals surface area contributed by atoms with Crippen molar-refractivity contribution in [1.82, 2.24) is 15.5 Å². The van der Waals surface area contributed by atoms with Gasteiger partial charge in [0.25, 0.3) is 0 Å². The molecule has 6 heteroatoms. The van der Waals surface area contributed by atoms with Gasteiger partial charge in [0.05, 0.1) is 6.10 Å². The van der Waals surface area contributed by atoms with Gasteiger partial charge >= 0.3 is 0 Å². The first-order chi connectivity index (χ1) is 11.2. The van der Waals surface area contributed by atoms with Gasteiger partial charge in [0, 0.05) is 25.7 Å². The van der Waals surface area contributed by atoms with Crippen LogP contribution in [0.1, 0.15) is 58.8 Å². The Hall–Kier alpha value is -0.0800. The third-order valence-corrected chi connectivity index (χ3v) is 5.03. The topological polar surface area (TPSA) is 59.9 Å². The van der Waals surface area contributed by atoms with E-state index in [4.69, 9.17) is 4.99 Å². The summed E-state index contributed by atoms with van der Waals surface area (Å²) in [5.74, 6) is 1.80. The Morgan fingerprint density at radius 2 is 1.96 bits per heavy atom. The lowest BCUT2D eigenvalue weighted by Gasteiger charge is -2.30. The lowest BCUT2D eigenvalue weighted by molar-refractivity contribution is 0.120. The molecule has 0 aromatic rings. The van der Waals surface area contributed by atoms with Crippen molar-refractivity contribution in [3.8, 4) is 0 Å². The molecule has 1 aliphatic carbocycles. The maximum atomic E-state index is 9.60. The van der Waals surface area contributed by atoms with Crippen molar-refractivity contribution < 1.29 is 5.11 Å². The highest BCUT2D eigenvalue weighted by Crippen LogP contribution is 2.18. The largest absolute Gasteiger partial charge is 0.393 e. The van der Waals surface area contributed by atoms with Gasteiger partial charge in [-0.1, -0.05) is 6.92 Å². The second kappa shape index (κ2) is 12.3. The van der Waals surface area contributed by atoms with Crippen LogP contribution >= 0.6 is 24.0 Å². The van der Waals surface area contributed by atoms with Crippen LogP contribution in [0.25, 0.3) is 0 Å². The number of rotatable bonds is 6. The number of aliphatic imine (C=N–C) groups is 1. The number of likely N-dealkylation sites (tertiary alicyclic amines) is 1. The quantitative estimate of drug-likeness (QED) is 0.251. The van der Waals surface area contributed by atoms with Crippen LogP contribution in [0.4, 0.5) is 0 Å². The van der Waals surface area contributed by atoms with E-state index in [2.05, 4.69) is 29.4 Å². The Labute approximate surface area is 165 Å². The summed E-state index contributed by atoms with van der Waals surface area (Å²) in [5.41, 5.74) is 0. The summed E-state index contributed by atoms with van der Waals surface area (Å²) in [6.45, 7) is 9.93. The van der Waals surface area contributed by atoms with Crippen molar-refractivity contribution >= 4 is 29.9 Å². The predicted octanol–water partition coefficient (Wildman–Crippen LogP) is 2.59. The van der Waals surface area contributed by atoms with Crippen LogP contribution < -0.4 is 10.6 Å². The third kappa shape index (κ3) is 8.34. The van der Waals surface area contributed by atoms with Crippen LogP contribution in [0.15, 0.2) is 4.99 Å². The van der Waals surface area contributed by atoms with Gasteiger partial charge in [-0.05, 0) is 70.9 Å². The first-order valence-corrected chi connectivity index (χ1v) is 9.62. The lowest BCUT2D eigenvalue weighted by Crippen LogP contribution is -2.45. The highest BCUT2D eigenvalue weighted by molar-refractivity contribution is 14.0. The van der Waals surface area contributed by atoms with Crippen molar-refractivity contribution in [2.75, 3.05) is 32.7 Å². The average Bonchev–Trinajstić information content (AvgIpc) is 2.54. The molecule has 2 fully saturated rings. The summed E-state index contributed by atoms with van der Waals surface area (Å²) in [6.07, 6.45) is 7.66. The molecule has 3 N–H and O–H groups in total. The van der Waals surface area contributed by atoms with E-state index in [1.54, 1.807) is 0 Å². The van der Waals surface area contributed by atoms with E-state index in [1.807, 2.05) is 0 Å². The molecule has 1 saturated carbocycles. The van der Waals surface area contributed by atoms with E-state index in [1.165, 1.54) is 32.5 Å². The maximum absolute atomic E-state index is 9.60. The number of nitrogens with one attached hydrogen (secondary N) is 2. The number of guanidine groups is 1. The van der Waals surface area contributed by atoms with Gasteiger partial charge in [0.1, 0.15) is 0 Å². The zero-order chi connectivity index (χ0) is 16.5. The molecule has 0 amide bonds. The molecule has 1 atom stereocenters. The Kier molecular flexibility index (Phi) is 11.3. The Morgan fingerprint density at radius 3 is 2.62 bits per heavy atom. The van der Waals surface area contributed by atoms with Gasteiger partial charge < -0.3 is 20.6 Å². The van der Waals surface area contributed by atoms with Gasteiger partial charge in [0.15, 0.2) is 5.96 Å². The molecule has 0 bridgehead atoms. The highest BCUT2D eigenvalue weighted by Gasteiger charge is 2.20. The molecule has 1 heterocycles. The summed E-state index contributed by atoms with van der Waals surface area (Å²) in [7, 11) is 0.